The van der Waals surface area contributed by atoms with Crippen LogP contribution in [-0.4, -0.2) is 45.2 Å². The number of Topliss-reactive ketones (excluding diaryl/α,β-unsaturated/α-hetero) is 1. The number of carbonyl (C=O) groups is 1. The fraction of sp³-hybridized carbons (Fsp3) is 0.700. The first-order valence-corrected chi connectivity index (χ1v) is 5.47. The lowest BCUT2D eigenvalue weighted by atomic mass is 9.80. The van der Waals surface area contributed by atoms with E-state index in [0.717, 1.165) is 38.0 Å². The number of H-pyrrole nitrogens is 1. The number of piperidine rings is 3. The highest BCUT2D eigenvalue weighted by Gasteiger charge is 2.40. The van der Waals surface area contributed by atoms with Gasteiger partial charge in [-0.05, 0) is 25.9 Å². The lowest BCUT2D eigenvalue weighted by Gasteiger charge is -2.43. The minimum atomic E-state index is 0.0692. The molecule has 3 saturated heterocycles. The second-order valence-electron chi connectivity index (χ2n) is 4.41. The van der Waals surface area contributed by atoms with Gasteiger partial charge in [-0.1, -0.05) is 5.21 Å². The van der Waals surface area contributed by atoms with Crippen LogP contribution in [0.2, 0.25) is 0 Å². The van der Waals surface area contributed by atoms with Crippen LogP contribution in [0.15, 0.2) is 6.20 Å². The fourth-order valence-electron chi connectivity index (χ4n) is 2.70. The van der Waals surface area contributed by atoms with Crippen LogP contribution in [0.3, 0.4) is 0 Å². The van der Waals surface area contributed by atoms with Gasteiger partial charge in [0.05, 0.1) is 17.9 Å². The monoisotopic (exact) mass is 206 g/mol. The molecule has 0 radical (unpaired) electrons. The van der Waals surface area contributed by atoms with Crippen molar-refractivity contribution in [1.82, 2.24) is 20.3 Å². The molecule has 15 heavy (non-hydrogen) atoms. The quantitative estimate of drug-likeness (QED) is 0.740. The molecule has 0 amide bonds. The zero-order chi connectivity index (χ0) is 10.3. The maximum atomic E-state index is 12.0. The Balaban J connectivity index is 1.78. The molecule has 1 aromatic heterocycles. The van der Waals surface area contributed by atoms with E-state index in [1.54, 1.807) is 6.20 Å². The molecule has 0 saturated carbocycles. The Kier molecular flexibility index (Phi) is 2.05. The third-order valence-electron chi connectivity index (χ3n) is 3.58. The topological polar surface area (TPSA) is 61.9 Å². The van der Waals surface area contributed by atoms with E-state index < -0.39 is 0 Å². The van der Waals surface area contributed by atoms with Gasteiger partial charge < -0.3 is 0 Å². The first kappa shape index (κ1) is 9.03. The van der Waals surface area contributed by atoms with Crippen LogP contribution >= 0.6 is 0 Å². The van der Waals surface area contributed by atoms with Crippen molar-refractivity contribution in [3.05, 3.63) is 11.9 Å². The highest BCUT2D eigenvalue weighted by molar-refractivity contribution is 5.88. The minimum Gasteiger partial charge on any atom is -0.298 e. The third-order valence-corrected chi connectivity index (χ3v) is 3.58. The van der Waals surface area contributed by atoms with Crippen LogP contribution in [0.25, 0.3) is 0 Å². The fourth-order valence-corrected chi connectivity index (χ4v) is 2.70. The summed E-state index contributed by atoms with van der Waals surface area (Å²) >= 11 is 0. The van der Waals surface area contributed by atoms with Crippen molar-refractivity contribution in [3.8, 4) is 0 Å². The first-order valence-electron chi connectivity index (χ1n) is 5.47. The molecule has 1 aromatic rings. The van der Waals surface area contributed by atoms with Gasteiger partial charge in [-0.25, -0.2) is 0 Å². The molecule has 0 spiro atoms. The Labute approximate surface area is 87.8 Å². The van der Waals surface area contributed by atoms with E-state index in [1.807, 2.05) is 0 Å². The highest BCUT2D eigenvalue weighted by Crippen LogP contribution is 2.30. The van der Waals surface area contributed by atoms with E-state index in [-0.39, 0.29) is 6.04 Å². The second kappa shape index (κ2) is 3.41. The molecule has 3 fully saturated rings. The molecule has 1 N–H and O–H groups in total. The summed E-state index contributed by atoms with van der Waals surface area (Å²) in [7, 11) is 0. The van der Waals surface area contributed by atoms with Crippen LogP contribution in [0.4, 0.5) is 0 Å². The van der Waals surface area contributed by atoms with Crippen molar-refractivity contribution >= 4 is 5.78 Å². The standard InChI is InChI=1S/C10H14N4O/c15-10-7-1-3-14(4-2-7)9(10)5-8-6-11-13-12-8/h6-7,9H,1-5H2,(H,11,12,13). The summed E-state index contributed by atoms with van der Waals surface area (Å²) < 4.78 is 0. The van der Waals surface area contributed by atoms with Crippen molar-refractivity contribution in [2.75, 3.05) is 13.1 Å². The maximum absolute atomic E-state index is 12.0. The average molecular weight is 206 g/mol. The average Bonchev–Trinajstić information content (AvgIpc) is 2.77. The van der Waals surface area contributed by atoms with Gasteiger partial charge in [-0.15, -0.1) is 5.10 Å². The number of rotatable bonds is 2. The van der Waals surface area contributed by atoms with Gasteiger partial charge in [-0.3, -0.25) is 14.8 Å². The Morgan fingerprint density at radius 3 is 2.87 bits per heavy atom. The first-order chi connectivity index (χ1) is 7.34. The molecule has 3 aliphatic heterocycles. The lowest BCUT2D eigenvalue weighted by Crippen LogP contribution is -2.56. The summed E-state index contributed by atoms with van der Waals surface area (Å²) in [6, 6.07) is 0.0692. The number of nitrogens with one attached hydrogen (secondary N) is 1. The van der Waals surface area contributed by atoms with Gasteiger partial charge in [0.2, 0.25) is 0 Å². The van der Waals surface area contributed by atoms with Crippen LogP contribution in [0, 0.1) is 5.92 Å². The Morgan fingerprint density at radius 2 is 2.27 bits per heavy atom. The van der Waals surface area contributed by atoms with Gasteiger partial charge in [0.15, 0.2) is 5.78 Å². The number of ketones is 1. The number of fused-ring (bicyclic) bond motifs is 3. The Bertz CT molecular complexity index is 354. The molecule has 80 valence electrons. The normalized spacial score (nSPS) is 34.7. The zero-order valence-corrected chi connectivity index (χ0v) is 8.52. The van der Waals surface area contributed by atoms with Gasteiger partial charge in [-0.2, -0.15) is 0 Å². The molecule has 4 rings (SSSR count). The lowest BCUT2D eigenvalue weighted by molar-refractivity contribution is -0.136. The molecule has 1 atom stereocenters. The molecule has 5 heteroatoms. The summed E-state index contributed by atoms with van der Waals surface area (Å²) in [6.07, 6.45) is 4.55. The predicted octanol–water partition coefficient (Wildman–Crippen LogP) is 0.0105. The van der Waals surface area contributed by atoms with Gasteiger partial charge in [0.25, 0.3) is 0 Å². The van der Waals surface area contributed by atoms with E-state index in [2.05, 4.69) is 20.3 Å². The summed E-state index contributed by atoms with van der Waals surface area (Å²) in [5.41, 5.74) is 0.959. The number of carbonyl (C=O) groups excluding carboxylic acids is 1. The second-order valence-corrected chi connectivity index (χ2v) is 4.41. The van der Waals surface area contributed by atoms with Crippen LogP contribution in [-0.2, 0) is 11.2 Å². The van der Waals surface area contributed by atoms with Crippen molar-refractivity contribution in [2.45, 2.75) is 25.3 Å². The zero-order valence-electron chi connectivity index (χ0n) is 8.52. The smallest absolute Gasteiger partial charge is 0.153 e. The molecule has 4 heterocycles. The molecule has 5 nitrogen and oxygen atoms in total. The highest BCUT2D eigenvalue weighted by atomic mass is 16.1. The van der Waals surface area contributed by atoms with E-state index in [4.69, 9.17) is 0 Å². The number of aromatic amines is 1. The molecule has 2 bridgehead atoms. The summed E-state index contributed by atoms with van der Waals surface area (Å²) in [5.74, 6) is 0.734. The van der Waals surface area contributed by atoms with Gasteiger partial charge >= 0.3 is 0 Å². The number of hydrogen-bond acceptors (Lipinski definition) is 4. The largest absolute Gasteiger partial charge is 0.298 e. The van der Waals surface area contributed by atoms with E-state index in [0.29, 0.717) is 11.7 Å². The minimum absolute atomic E-state index is 0.0692. The summed E-state index contributed by atoms with van der Waals surface area (Å²) in [4.78, 5) is 14.3. The van der Waals surface area contributed by atoms with Crippen molar-refractivity contribution in [1.29, 1.82) is 0 Å². The third kappa shape index (κ3) is 1.47. The molecule has 1 unspecified atom stereocenters. The summed E-state index contributed by atoms with van der Waals surface area (Å²) in [5, 5.41) is 10.2. The van der Waals surface area contributed by atoms with E-state index >= 15 is 0 Å². The molecular formula is C10H14N4O. The summed E-state index contributed by atoms with van der Waals surface area (Å²) in [6.45, 7) is 2.14. The van der Waals surface area contributed by atoms with Gasteiger partial charge in [0.1, 0.15) is 0 Å². The van der Waals surface area contributed by atoms with Crippen molar-refractivity contribution in [3.63, 3.8) is 0 Å². The van der Waals surface area contributed by atoms with Crippen molar-refractivity contribution in [2.24, 2.45) is 5.92 Å². The Hall–Kier alpha value is -1.23. The van der Waals surface area contributed by atoms with Crippen LogP contribution in [0.5, 0.6) is 0 Å². The maximum Gasteiger partial charge on any atom is 0.153 e. The van der Waals surface area contributed by atoms with Crippen molar-refractivity contribution < 1.29 is 4.79 Å². The molecular weight excluding hydrogens is 192 g/mol. The van der Waals surface area contributed by atoms with E-state index in [1.165, 1.54) is 0 Å². The SMILES string of the molecule is O=C1C2CCN(CC2)C1Cc1cnn[nH]1. The van der Waals surface area contributed by atoms with Crippen LogP contribution < -0.4 is 0 Å². The van der Waals surface area contributed by atoms with E-state index in [9.17, 15) is 4.79 Å². The number of aromatic nitrogens is 3. The molecule has 3 aliphatic rings. The molecule has 0 aliphatic carbocycles. The Morgan fingerprint density at radius 1 is 1.47 bits per heavy atom. The number of nitrogens with zero attached hydrogens (tertiary/aromatic N) is 3. The predicted molar refractivity (Wildman–Crippen MR) is 53.2 cm³/mol. The molecule has 0 aromatic carbocycles. The van der Waals surface area contributed by atoms with Gasteiger partial charge in [0, 0.05) is 12.3 Å². The van der Waals surface area contributed by atoms with Crippen LogP contribution in [0.1, 0.15) is 18.5 Å². The number of hydrogen-bond donors (Lipinski definition) is 1.